The molecule has 0 aromatic heterocycles. The lowest BCUT2D eigenvalue weighted by Gasteiger charge is -2.20. The third-order valence-electron chi connectivity index (χ3n) is 3.01. The van der Waals surface area contributed by atoms with Crippen LogP contribution in [0.5, 0.6) is 0 Å². The van der Waals surface area contributed by atoms with Crippen molar-refractivity contribution in [1.82, 2.24) is 5.32 Å². The fourth-order valence-corrected chi connectivity index (χ4v) is 1.62. The Morgan fingerprint density at radius 2 is 1.95 bits per heavy atom. The summed E-state index contributed by atoms with van der Waals surface area (Å²) in [5, 5.41) is 2.50. The van der Waals surface area contributed by atoms with Gasteiger partial charge in [-0.05, 0) is 11.5 Å². The number of benzene rings is 1. The van der Waals surface area contributed by atoms with Gasteiger partial charge in [-0.3, -0.25) is 4.79 Å². The van der Waals surface area contributed by atoms with Crippen LogP contribution in [-0.2, 0) is 16.1 Å². The molecule has 0 aliphatic heterocycles. The molecule has 2 amide bonds. The number of hydrogen-bond donors (Lipinski definition) is 2. The molecular weight excluding hydrogens is 244 g/mol. The normalized spacial score (nSPS) is 13.4. The molecule has 0 radical (unpaired) electrons. The number of nitrogens with two attached hydrogens (primary N) is 1. The highest BCUT2D eigenvalue weighted by molar-refractivity contribution is 5.84. The van der Waals surface area contributed by atoms with Gasteiger partial charge in [0.1, 0.15) is 12.6 Å². The highest BCUT2D eigenvalue weighted by atomic mass is 16.5. The molecule has 0 aliphatic carbocycles. The highest BCUT2D eigenvalue weighted by Crippen LogP contribution is 2.08. The van der Waals surface area contributed by atoms with E-state index >= 15 is 0 Å². The van der Waals surface area contributed by atoms with E-state index in [1.54, 1.807) is 0 Å². The summed E-state index contributed by atoms with van der Waals surface area (Å²) in [5.74, 6) is -0.576. The van der Waals surface area contributed by atoms with Crippen LogP contribution < -0.4 is 11.1 Å². The lowest BCUT2D eigenvalue weighted by molar-refractivity contribution is -0.121. The molecule has 0 spiro atoms. The average molecular weight is 264 g/mol. The summed E-state index contributed by atoms with van der Waals surface area (Å²) in [6.45, 7) is 3.95. The summed E-state index contributed by atoms with van der Waals surface area (Å²) in [7, 11) is 0. The van der Waals surface area contributed by atoms with Gasteiger partial charge in [-0.25, -0.2) is 4.79 Å². The third-order valence-corrected chi connectivity index (χ3v) is 3.01. The molecular formula is C14H20N2O3. The number of nitrogens with one attached hydrogen (secondary N) is 1. The van der Waals surface area contributed by atoms with Gasteiger partial charge in [0.15, 0.2) is 0 Å². The summed E-state index contributed by atoms with van der Waals surface area (Å²) >= 11 is 0. The molecule has 1 rings (SSSR count). The molecule has 0 heterocycles. The van der Waals surface area contributed by atoms with Crippen LogP contribution in [0, 0.1) is 5.92 Å². The Bertz CT molecular complexity index is 420. The smallest absolute Gasteiger partial charge is 0.408 e. The number of carbonyl (C=O) groups is 2. The van der Waals surface area contributed by atoms with Gasteiger partial charge in [0.05, 0.1) is 0 Å². The van der Waals surface area contributed by atoms with Gasteiger partial charge in [0.25, 0.3) is 0 Å². The zero-order chi connectivity index (χ0) is 14.3. The van der Waals surface area contributed by atoms with Crippen LogP contribution in [0.25, 0.3) is 0 Å². The van der Waals surface area contributed by atoms with Gasteiger partial charge >= 0.3 is 6.09 Å². The molecule has 0 fully saturated rings. The molecule has 19 heavy (non-hydrogen) atoms. The molecule has 0 unspecified atom stereocenters. The largest absolute Gasteiger partial charge is 0.445 e. The molecule has 1 aromatic carbocycles. The summed E-state index contributed by atoms with van der Waals surface area (Å²) in [5.41, 5.74) is 6.15. The van der Waals surface area contributed by atoms with Crippen LogP contribution in [0.15, 0.2) is 30.3 Å². The first-order valence-electron chi connectivity index (χ1n) is 6.31. The maximum atomic E-state index is 11.6. The van der Waals surface area contributed by atoms with E-state index in [9.17, 15) is 9.59 Å². The van der Waals surface area contributed by atoms with Gasteiger partial charge in [-0.1, -0.05) is 50.6 Å². The van der Waals surface area contributed by atoms with Crippen molar-refractivity contribution < 1.29 is 14.3 Å². The number of hydrogen-bond acceptors (Lipinski definition) is 3. The first-order valence-corrected chi connectivity index (χ1v) is 6.31. The molecule has 0 saturated carbocycles. The minimum absolute atomic E-state index is 0.0261. The maximum Gasteiger partial charge on any atom is 0.408 e. The van der Waals surface area contributed by atoms with Crippen molar-refractivity contribution in [2.24, 2.45) is 11.7 Å². The Kier molecular flexibility index (Phi) is 5.85. The van der Waals surface area contributed by atoms with Gasteiger partial charge in [0, 0.05) is 0 Å². The fraction of sp³-hybridized carbons (Fsp3) is 0.429. The zero-order valence-corrected chi connectivity index (χ0v) is 11.3. The molecule has 104 valence electrons. The van der Waals surface area contributed by atoms with E-state index < -0.39 is 18.0 Å². The second-order valence-electron chi connectivity index (χ2n) is 4.47. The van der Waals surface area contributed by atoms with Crippen molar-refractivity contribution in [3.63, 3.8) is 0 Å². The molecule has 0 bridgehead atoms. The van der Waals surface area contributed by atoms with E-state index in [0.717, 1.165) is 12.0 Å². The van der Waals surface area contributed by atoms with E-state index in [2.05, 4.69) is 5.32 Å². The number of rotatable bonds is 6. The summed E-state index contributed by atoms with van der Waals surface area (Å²) in [6.07, 6.45) is 0.111. The summed E-state index contributed by atoms with van der Waals surface area (Å²) in [4.78, 5) is 22.9. The van der Waals surface area contributed by atoms with Crippen molar-refractivity contribution >= 4 is 12.0 Å². The van der Waals surface area contributed by atoms with Crippen molar-refractivity contribution in [2.75, 3.05) is 0 Å². The molecule has 2 atom stereocenters. The summed E-state index contributed by atoms with van der Waals surface area (Å²) in [6, 6.07) is 8.62. The molecule has 5 heteroatoms. The van der Waals surface area contributed by atoms with Crippen LogP contribution in [0.1, 0.15) is 25.8 Å². The van der Waals surface area contributed by atoms with Gasteiger partial charge in [-0.15, -0.1) is 0 Å². The Morgan fingerprint density at radius 1 is 1.32 bits per heavy atom. The number of amides is 2. The number of alkyl carbamates (subject to hydrolysis) is 1. The van der Waals surface area contributed by atoms with E-state index in [1.165, 1.54) is 0 Å². The number of primary amides is 1. The van der Waals surface area contributed by atoms with E-state index in [0.29, 0.717) is 0 Å². The third kappa shape index (κ3) is 4.99. The first kappa shape index (κ1) is 15.0. The average Bonchev–Trinajstić information content (AvgIpc) is 2.42. The second-order valence-corrected chi connectivity index (χ2v) is 4.47. The monoisotopic (exact) mass is 264 g/mol. The van der Waals surface area contributed by atoms with E-state index in [4.69, 9.17) is 10.5 Å². The summed E-state index contributed by atoms with van der Waals surface area (Å²) < 4.78 is 5.05. The fourth-order valence-electron chi connectivity index (χ4n) is 1.62. The van der Waals surface area contributed by atoms with E-state index in [1.807, 2.05) is 44.2 Å². The molecule has 3 N–H and O–H groups in total. The zero-order valence-electron chi connectivity index (χ0n) is 11.3. The standard InChI is InChI=1S/C14H20N2O3/c1-3-10(2)12(13(15)17)16-14(18)19-9-11-7-5-4-6-8-11/h4-8,10,12H,3,9H2,1-2H3,(H2,15,17)(H,16,18)/t10-,12-/m0/s1. The van der Waals surface area contributed by atoms with Gasteiger partial charge in [-0.2, -0.15) is 0 Å². The molecule has 0 saturated heterocycles. The van der Waals surface area contributed by atoms with Crippen molar-refractivity contribution in [1.29, 1.82) is 0 Å². The first-order chi connectivity index (χ1) is 9.04. The molecule has 0 aliphatic rings. The number of ether oxygens (including phenoxy) is 1. The predicted molar refractivity (Wildman–Crippen MR) is 72.2 cm³/mol. The van der Waals surface area contributed by atoms with Crippen LogP contribution in [-0.4, -0.2) is 18.0 Å². The quantitative estimate of drug-likeness (QED) is 0.822. The SMILES string of the molecule is CC[C@H](C)[C@H](NC(=O)OCc1ccccc1)C(N)=O. The molecule has 1 aromatic rings. The number of carbonyl (C=O) groups excluding carboxylic acids is 2. The maximum absolute atomic E-state index is 11.6. The van der Waals surface area contributed by atoms with Crippen LogP contribution in [0.4, 0.5) is 4.79 Å². The Hall–Kier alpha value is -2.04. The highest BCUT2D eigenvalue weighted by Gasteiger charge is 2.24. The minimum Gasteiger partial charge on any atom is -0.445 e. The van der Waals surface area contributed by atoms with Crippen molar-refractivity contribution in [3.05, 3.63) is 35.9 Å². The van der Waals surface area contributed by atoms with Crippen LogP contribution in [0.2, 0.25) is 0 Å². The topological polar surface area (TPSA) is 81.4 Å². The van der Waals surface area contributed by atoms with Gasteiger partial charge in [0.2, 0.25) is 5.91 Å². The molecule has 5 nitrogen and oxygen atoms in total. The van der Waals surface area contributed by atoms with Crippen molar-refractivity contribution in [3.8, 4) is 0 Å². The Labute approximate surface area is 113 Å². The second kappa shape index (κ2) is 7.41. The van der Waals surface area contributed by atoms with Crippen molar-refractivity contribution in [2.45, 2.75) is 32.9 Å². The Morgan fingerprint density at radius 3 is 2.47 bits per heavy atom. The predicted octanol–water partition coefficient (Wildman–Crippen LogP) is 1.81. The van der Waals surface area contributed by atoms with E-state index in [-0.39, 0.29) is 12.5 Å². The van der Waals surface area contributed by atoms with Crippen LogP contribution >= 0.6 is 0 Å². The van der Waals surface area contributed by atoms with Crippen LogP contribution in [0.3, 0.4) is 0 Å². The lowest BCUT2D eigenvalue weighted by atomic mass is 9.99. The minimum atomic E-state index is -0.701. The lowest BCUT2D eigenvalue weighted by Crippen LogP contribution is -2.48. The Balaban J connectivity index is 2.47. The van der Waals surface area contributed by atoms with Gasteiger partial charge < -0.3 is 15.8 Å².